The maximum absolute atomic E-state index is 13.5. The normalized spacial score (nSPS) is 17.9. The molecule has 10 heteroatoms. The molecule has 0 saturated heterocycles. The number of halogens is 3. The average Bonchev–Trinajstić information content (AvgIpc) is 3.38. The van der Waals surface area contributed by atoms with E-state index in [1.165, 1.54) is 0 Å². The minimum Gasteiger partial charge on any atom is -0.362 e. The van der Waals surface area contributed by atoms with E-state index >= 15 is 0 Å². The number of alkyl halides is 3. The third kappa shape index (κ3) is 4.37. The third-order valence-corrected chi connectivity index (χ3v) is 5.86. The Labute approximate surface area is 194 Å². The Kier molecular flexibility index (Phi) is 5.76. The number of para-hydroxylation sites is 1. The van der Waals surface area contributed by atoms with E-state index in [9.17, 15) is 13.2 Å². The van der Waals surface area contributed by atoms with Gasteiger partial charge < -0.3 is 5.32 Å². The summed E-state index contributed by atoms with van der Waals surface area (Å²) in [7, 11) is 1.81. The van der Waals surface area contributed by atoms with Crippen LogP contribution in [0.25, 0.3) is 22.5 Å². The summed E-state index contributed by atoms with van der Waals surface area (Å²) in [4.78, 5) is 1.88. The third-order valence-electron chi connectivity index (χ3n) is 5.86. The Morgan fingerprint density at radius 2 is 1.62 bits per heavy atom. The summed E-state index contributed by atoms with van der Waals surface area (Å²) < 4.78 is 40.4. The maximum Gasteiger partial charge on any atom is 0.422 e. The molecule has 1 aliphatic rings. The van der Waals surface area contributed by atoms with Crippen LogP contribution in [0.5, 0.6) is 0 Å². The van der Waals surface area contributed by atoms with Gasteiger partial charge in [0.2, 0.25) is 5.82 Å². The number of tetrazole rings is 1. The molecule has 3 N–H and O–H groups in total. The maximum atomic E-state index is 13.5. The van der Waals surface area contributed by atoms with Gasteiger partial charge >= 0.3 is 6.18 Å². The summed E-state index contributed by atoms with van der Waals surface area (Å²) in [6.45, 7) is 0.462. The number of aromatic amines is 1. The largest absolute Gasteiger partial charge is 0.422 e. The van der Waals surface area contributed by atoms with E-state index in [0.717, 1.165) is 27.8 Å². The van der Waals surface area contributed by atoms with Crippen LogP contribution in [0.4, 0.5) is 18.9 Å². The van der Waals surface area contributed by atoms with Gasteiger partial charge in [-0.05, 0) is 35.0 Å². The van der Waals surface area contributed by atoms with Gasteiger partial charge in [0.15, 0.2) is 6.17 Å². The predicted molar refractivity (Wildman–Crippen MR) is 122 cm³/mol. The molecule has 34 heavy (non-hydrogen) atoms. The van der Waals surface area contributed by atoms with Gasteiger partial charge in [0, 0.05) is 23.4 Å². The Morgan fingerprint density at radius 3 is 2.32 bits per heavy atom. The lowest BCUT2D eigenvalue weighted by Crippen LogP contribution is -2.55. The highest BCUT2D eigenvalue weighted by Crippen LogP contribution is 2.35. The lowest BCUT2D eigenvalue weighted by atomic mass is 9.98. The van der Waals surface area contributed by atoms with E-state index in [4.69, 9.17) is 0 Å². The summed E-state index contributed by atoms with van der Waals surface area (Å²) in [5.74, 6) is 0.509. The number of nitrogens with zero attached hydrogens (tertiary/aromatic N) is 4. The van der Waals surface area contributed by atoms with Crippen LogP contribution in [0.3, 0.4) is 0 Å². The number of rotatable bonds is 5. The number of benzene rings is 3. The fraction of sp³-hybridized carbons (Fsp3) is 0.208. The van der Waals surface area contributed by atoms with Crippen molar-refractivity contribution >= 4 is 5.69 Å². The molecule has 2 heterocycles. The van der Waals surface area contributed by atoms with Crippen molar-refractivity contribution in [2.75, 3.05) is 12.4 Å². The van der Waals surface area contributed by atoms with Crippen molar-refractivity contribution in [2.45, 2.75) is 25.1 Å². The number of fused-ring (bicyclic) bond motifs is 1. The molecule has 1 aromatic heterocycles. The van der Waals surface area contributed by atoms with Gasteiger partial charge in [-0.15, -0.1) is 10.2 Å². The Morgan fingerprint density at radius 1 is 0.912 bits per heavy atom. The van der Waals surface area contributed by atoms with E-state index in [2.05, 4.69) is 31.3 Å². The van der Waals surface area contributed by atoms with E-state index in [1.807, 2.05) is 72.6 Å². The molecule has 3 aromatic carbocycles. The first-order valence-corrected chi connectivity index (χ1v) is 10.7. The molecule has 174 valence electrons. The molecule has 0 radical (unpaired) electrons. The standard InChI is InChI=1S/C24H22F3N7/c1-34(22-19-8-4-5-9-20(19)28-23(29-22)24(25,26)27)14-15-10-12-16(13-11-15)17-6-2-3-7-18(17)21-30-32-33-31-21/h2-13,22-23,28-29H,14H2,1H3,(H,30,31,32,33). The summed E-state index contributed by atoms with van der Waals surface area (Å²) in [5.41, 5.74) is 5.03. The van der Waals surface area contributed by atoms with Crippen molar-refractivity contribution in [2.24, 2.45) is 0 Å². The van der Waals surface area contributed by atoms with Crippen LogP contribution < -0.4 is 10.6 Å². The van der Waals surface area contributed by atoms with E-state index in [0.29, 0.717) is 18.1 Å². The average molecular weight is 465 g/mol. The van der Waals surface area contributed by atoms with Gasteiger partial charge in [-0.1, -0.05) is 66.7 Å². The number of hydrogen-bond donors (Lipinski definition) is 3. The molecule has 0 aliphatic carbocycles. The first-order chi connectivity index (χ1) is 16.4. The molecule has 0 spiro atoms. The van der Waals surface area contributed by atoms with Crippen LogP contribution in [-0.2, 0) is 6.54 Å². The lowest BCUT2D eigenvalue weighted by Gasteiger charge is -2.39. The minimum atomic E-state index is -4.42. The fourth-order valence-electron chi connectivity index (χ4n) is 4.23. The van der Waals surface area contributed by atoms with Crippen LogP contribution in [0.15, 0.2) is 72.8 Å². The number of aromatic nitrogens is 4. The van der Waals surface area contributed by atoms with Crippen molar-refractivity contribution in [1.29, 1.82) is 0 Å². The van der Waals surface area contributed by atoms with Crippen molar-refractivity contribution in [3.63, 3.8) is 0 Å². The second kappa shape index (κ2) is 8.88. The smallest absolute Gasteiger partial charge is 0.362 e. The molecular weight excluding hydrogens is 443 g/mol. The molecule has 0 fully saturated rings. The summed E-state index contributed by atoms with van der Waals surface area (Å²) in [6.07, 6.45) is -6.83. The first kappa shape index (κ1) is 22.1. The molecular formula is C24H22F3N7. The van der Waals surface area contributed by atoms with Crippen molar-refractivity contribution in [1.82, 2.24) is 30.8 Å². The van der Waals surface area contributed by atoms with E-state index in [1.54, 1.807) is 12.1 Å². The molecule has 0 amide bonds. The second-order valence-electron chi connectivity index (χ2n) is 8.17. The van der Waals surface area contributed by atoms with Crippen LogP contribution >= 0.6 is 0 Å². The first-order valence-electron chi connectivity index (χ1n) is 10.7. The Hall–Kier alpha value is -3.76. The van der Waals surface area contributed by atoms with Crippen molar-refractivity contribution in [3.8, 4) is 22.5 Å². The minimum absolute atomic E-state index is 0.462. The van der Waals surface area contributed by atoms with Gasteiger partial charge in [-0.3, -0.25) is 10.2 Å². The van der Waals surface area contributed by atoms with Crippen molar-refractivity contribution < 1.29 is 13.2 Å². The molecule has 7 nitrogen and oxygen atoms in total. The number of hydrogen-bond acceptors (Lipinski definition) is 6. The molecule has 2 unspecified atom stereocenters. The van der Waals surface area contributed by atoms with Gasteiger partial charge in [0.1, 0.15) is 0 Å². The zero-order valence-corrected chi connectivity index (χ0v) is 18.2. The number of anilines is 1. The summed E-state index contributed by atoms with van der Waals surface area (Å²) >= 11 is 0. The van der Waals surface area contributed by atoms with Gasteiger partial charge in [-0.2, -0.15) is 18.4 Å². The highest BCUT2D eigenvalue weighted by molar-refractivity contribution is 5.80. The molecule has 0 saturated carbocycles. The number of H-pyrrole nitrogens is 1. The quantitative estimate of drug-likeness (QED) is 0.401. The zero-order valence-electron chi connectivity index (χ0n) is 18.2. The van der Waals surface area contributed by atoms with Crippen LogP contribution in [-0.4, -0.2) is 44.9 Å². The highest BCUT2D eigenvalue weighted by Gasteiger charge is 2.44. The Bertz CT molecular complexity index is 1260. The van der Waals surface area contributed by atoms with Gasteiger partial charge in [0.05, 0.1) is 6.17 Å². The highest BCUT2D eigenvalue weighted by atomic mass is 19.4. The molecule has 0 bridgehead atoms. The molecule has 2 atom stereocenters. The summed E-state index contributed by atoms with van der Waals surface area (Å²) in [6, 6.07) is 22.8. The van der Waals surface area contributed by atoms with Gasteiger partial charge in [-0.25, -0.2) is 0 Å². The summed E-state index contributed by atoms with van der Waals surface area (Å²) in [5, 5.41) is 19.5. The van der Waals surface area contributed by atoms with Crippen LogP contribution in [0.2, 0.25) is 0 Å². The fourth-order valence-corrected chi connectivity index (χ4v) is 4.23. The van der Waals surface area contributed by atoms with E-state index in [-0.39, 0.29) is 0 Å². The molecule has 5 rings (SSSR count). The second-order valence-corrected chi connectivity index (χ2v) is 8.17. The lowest BCUT2D eigenvalue weighted by molar-refractivity contribution is -0.155. The molecule has 1 aliphatic heterocycles. The zero-order chi connectivity index (χ0) is 23.7. The molecule has 4 aromatic rings. The SMILES string of the molecule is CN(Cc1ccc(-c2ccccc2-c2nn[nH]n2)cc1)C1NC(C(F)(F)F)Nc2ccccc21. The van der Waals surface area contributed by atoms with Crippen LogP contribution in [0, 0.1) is 0 Å². The van der Waals surface area contributed by atoms with Crippen LogP contribution in [0.1, 0.15) is 17.3 Å². The van der Waals surface area contributed by atoms with Crippen molar-refractivity contribution in [3.05, 3.63) is 83.9 Å². The predicted octanol–water partition coefficient (Wildman–Crippen LogP) is 4.57. The monoisotopic (exact) mass is 465 g/mol. The number of nitrogens with one attached hydrogen (secondary N) is 3. The topological polar surface area (TPSA) is 81.8 Å². The van der Waals surface area contributed by atoms with E-state index < -0.39 is 18.5 Å². The Balaban J connectivity index is 1.37. The van der Waals surface area contributed by atoms with Gasteiger partial charge in [0.25, 0.3) is 0 Å².